The number of Topliss-reactive ketones (excluding diaryl/α,β-unsaturated/α-hetero) is 1. The predicted molar refractivity (Wildman–Crippen MR) is 97.0 cm³/mol. The smallest absolute Gasteiger partial charge is 0.176 e. The largest absolute Gasteiger partial charge is 0.493 e. The zero-order valence-corrected chi connectivity index (χ0v) is 15.3. The minimum atomic E-state index is -0.494. The second-order valence-corrected chi connectivity index (χ2v) is 6.46. The van der Waals surface area contributed by atoms with Crippen molar-refractivity contribution >= 4 is 17.4 Å². The summed E-state index contributed by atoms with van der Waals surface area (Å²) in [5.74, 6) is 0.581. The van der Waals surface area contributed by atoms with Gasteiger partial charge in [-0.15, -0.1) is 0 Å². The fourth-order valence-corrected chi connectivity index (χ4v) is 2.80. The van der Waals surface area contributed by atoms with E-state index in [1.165, 1.54) is 0 Å². The molecule has 4 nitrogen and oxygen atoms in total. The van der Waals surface area contributed by atoms with Crippen molar-refractivity contribution in [2.75, 3.05) is 13.7 Å². The van der Waals surface area contributed by atoms with Crippen LogP contribution in [0.3, 0.4) is 0 Å². The molecule has 0 spiro atoms. The van der Waals surface area contributed by atoms with Crippen molar-refractivity contribution in [3.8, 4) is 5.75 Å². The first-order chi connectivity index (χ1) is 11.4. The molecule has 24 heavy (non-hydrogen) atoms. The van der Waals surface area contributed by atoms with Gasteiger partial charge in [-0.2, -0.15) is 0 Å². The first-order valence-electron chi connectivity index (χ1n) is 7.96. The van der Waals surface area contributed by atoms with Crippen LogP contribution in [0, 0.1) is 0 Å². The number of nitrogens with one attached hydrogen (secondary N) is 1. The molecule has 1 aromatic carbocycles. The zero-order valence-electron chi connectivity index (χ0n) is 14.5. The molecule has 0 saturated carbocycles. The molecule has 1 aromatic heterocycles. The van der Waals surface area contributed by atoms with Crippen molar-refractivity contribution in [1.29, 1.82) is 0 Å². The van der Waals surface area contributed by atoms with Gasteiger partial charge in [0.2, 0.25) is 0 Å². The Labute approximate surface area is 148 Å². The Morgan fingerprint density at radius 1 is 1.29 bits per heavy atom. The Bertz CT molecular complexity index is 715. The molecule has 0 amide bonds. The molecule has 0 aliphatic heterocycles. The monoisotopic (exact) mass is 346 g/mol. The number of aryl methyl sites for hydroxylation is 1. The van der Waals surface area contributed by atoms with Gasteiger partial charge < -0.3 is 10.1 Å². The molecule has 1 heterocycles. The van der Waals surface area contributed by atoms with Crippen LogP contribution in [0.15, 0.2) is 36.4 Å². The van der Waals surface area contributed by atoms with Gasteiger partial charge in [-0.05, 0) is 26.3 Å². The molecule has 0 fully saturated rings. The third-order valence-corrected chi connectivity index (χ3v) is 4.27. The summed E-state index contributed by atoms with van der Waals surface area (Å²) in [5.41, 5.74) is 1.98. The van der Waals surface area contributed by atoms with Crippen LogP contribution in [0.2, 0.25) is 5.15 Å². The molecule has 2 rings (SSSR count). The Balaban J connectivity index is 2.24. The Morgan fingerprint density at radius 2 is 1.96 bits per heavy atom. The van der Waals surface area contributed by atoms with Crippen LogP contribution in [0.5, 0.6) is 5.75 Å². The van der Waals surface area contributed by atoms with Gasteiger partial charge in [0.15, 0.2) is 16.7 Å². The number of benzene rings is 1. The van der Waals surface area contributed by atoms with Crippen molar-refractivity contribution < 1.29 is 9.53 Å². The lowest BCUT2D eigenvalue weighted by Gasteiger charge is -2.29. The van der Waals surface area contributed by atoms with E-state index >= 15 is 0 Å². The summed E-state index contributed by atoms with van der Waals surface area (Å²) >= 11 is 6.25. The van der Waals surface area contributed by atoms with Crippen LogP contribution in [-0.2, 0) is 12.0 Å². The van der Waals surface area contributed by atoms with Gasteiger partial charge >= 0.3 is 0 Å². The van der Waals surface area contributed by atoms with Crippen LogP contribution >= 0.6 is 11.6 Å². The van der Waals surface area contributed by atoms with Crippen molar-refractivity contribution in [2.24, 2.45) is 0 Å². The van der Waals surface area contributed by atoms with Crippen LogP contribution in [-0.4, -0.2) is 24.4 Å². The summed E-state index contributed by atoms with van der Waals surface area (Å²) in [6.07, 6.45) is 0.774. The number of methoxy groups -OCH3 is 1. The molecule has 128 valence electrons. The lowest BCUT2D eigenvalue weighted by molar-refractivity contribution is 0.0980. The van der Waals surface area contributed by atoms with Crippen LogP contribution in [0.25, 0.3) is 0 Å². The molecular formula is C19H23ClN2O2. The zero-order chi connectivity index (χ0) is 17.7. The molecule has 0 saturated heterocycles. The van der Waals surface area contributed by atoms with Crippen LogP contribution in [0.1, 0.15) is 42.4 Å². The van der Waals surface area contributed by atoms with Gasteiger partial charge in [0.1, 0.15) is 0 Å². The maximum atomic E-state index is 12.3. The summed E-state index contributed by atoms with van der Waals surface area (Å²) < 4.78 is 5.43. The average Bonchev–Trinajstić information content (AvgIpc) is 2.59. The van der Waals surface area contributed by atoms with E-state index in [1.807, 2.05) is 57.2 Å². The number of nitrogens with zero attached hydrogens (tertiary/aromatic N) is 1. The molecule has 0 aliphatic rings. The second-order valence-electron chi connectivity index (χ2n) is 6.11. The molecule has 0 unspecified atom stereocenters. The summed E-state index contributed by atoms with van der Waals surface area (Å²) in [7, 11) is 1.57. The number of halogens is 1. The molecule has 0 atom stereocenters. The molecule has 5 heteroatoms. The summed E-state index contributed by atoms with van der Waals surface area (Å²) in [6.45, 7) is 6.24. The lowest BCUT2D eigenvalue weighted by atomic mass is 9.92. The molecule has 1 N–H and O–H groups in total. The summed E-state index contributed by atoms with van der Waals surface area (Å²) in [5, 5.41) is 3.65. The molecule has 2 aromatic rings. The number of carbonyl (C=O) groups excluding carboxylic acids is 1. The molecular weight excluding hydrogens is 324 g/mol. The van der Waals surface area contributed by atoms with Crippen molar-refractivity contribution in [3.63, 3.8) is 0 Å². The second kappa shape index (κ2) is 7.77. The van der Waals surface area contributed by atoms with Crippen LogP contribution in [0.4, 0.5) is 0 Å². The van der Waals surface area contributed by atoms with Crippen molar-refractivity contribution in [2.45, 2.75) is 32.7 Å². The fourth-order valence-electron chi connectivity index (χ4n) is 2.51. The standard InChI is InChI=1S/C19H23ClN2O2/c1-5-14-11-15(17(24-4)18(20)22-14)19(2,3)21-12-16(23)13-9-7-6-8-10-13/h6-11,21H,5,12H2,1-4H3. The highest BCUT2D eigenvalue weighted by atomic mass is 35.5. The first kappa shape index (κ1) is 18.4. The Hall–Kier alpha value is -1.91. The fraction of sp³-hybridized carbons (Fsp3) is 0.368. The van der Waals surface area contributed by atoms with E-state index in [4.69, 9.17) is 16.3 Å². The van der Waals surface area contributed by atoms with Gasteiger partial charge in [0.05, 0.1) is 13.7 Å². The lowest BCUT2D eigenvalue weighted by Crippen LogP contribution is -2.40. The van der Waals surface area contributed by atoms with Gasteiger partial charge in [-0.3, -0.25) is 4.79 Å². The van der Waals surface area contributed by atoms with Crippen LogP contribution < -0.4 is 10.1 Å². The molecule has 0 aliphatic carbocycles. The minimum Gasteiger partial charge on any atom is -0.493 e. The average molecular weight is 347 g/mol. The van der Waals surface area contributed by atoms with E-state index in [2.05, 4.69) is 10.3 Å². The minimum absolute atomic E-state index is 0.0403. The summed E-state index contributed by atoms with van der Waals surface area (Å²) in [4.78, 5) is 16.7. The topological polar surface area (TPSA) is 51.2 Å². The van der Waals surface area contributed by atoms with Crippen molar-refractivity contribution in [1.82, 2.24) is 10.3 Å². The Kier molecular flexibility index (Phi) is 5.97. The third kappa shape index (κ3) is 4.13. The maximum absolute atomic E-state index is 12.3. The van der Waals surface area contributed by atoms with Gasteiger partial charge in [0, 0.05) is 22.4 Å². The number of hydrogen-bond donors (Lipinski definition) is 1. The highest BCUT2D eigenvalue weighted by Crippen LogP contribution is 2.35. The number of ether oxygens (including phenoxy) is 1. The van der Waals surface area contributed by atoms with E-state index in [-0.39, 0.29) is 12.3 Å². The summed E-state index contributed by atoms with van der Waals surface area (Å²) in [6, 6.07) is 11.2. The number of ketones is 1. The highest BCUT2D eigenvalue weighted by molar-refractivity contribution is 6.31. The predicted octanol–water partition coefficient (Wildman–Crippen LogP) is 4.01. The number of carbonyl (C=O) groups is 1. The third-order valence-electron chi connectivity index (χ3n) is 4.01. The van der Waals surface area contributed by atoms with Gasteiger partial charge in [0.25, 0.3) is 0 Å². The molecule has 0 bridgehead atoms. The maximum Gasteiger partial charge on any atom is 0.176 e. The Morgan fingerprint density at radius 3 is 2.54 bits per heavy atom. The van der Waals surface area contributed by atoms with E-state index in [0.717, 1.165) is 17.7 Å². The van der Waals surface area contributed by atoms with E-state index in [9.17, 15) is 4.79 Å². The normalized spacial score (nSPS) is 11.4. The van der Waals surface area contributed by atoms with E-state index < -0.39 is 5.54 Å². The highest BCUT2D eigenvalue weighted by Gasteiger charge is 2.27. The molecule has 0 radical (unpaired) electrons. The quantitative estimate of drug-likeness (QED) is 0.608. The van der Waals surface area contributed by atoms with Crippen molar-refractivity contribution in [3.05, 3.63) is 58.4 Å². The van der Waals surface area contributed by atoms with E-state index in [0.29, 0.717) is 16.5 Å². The van der Waals surface area contributed by atoms with Gasteiger partial charge in [-0.1, -0.05) is 48.9 Å². The SMILES string of the molecule is CCc1cc(C(C)(C)NCC(=O)c2ccccc2)c(OC)c(Cl)n1. The number of hydrogen-bond acceptors (Lipinski definition) is 4. The first-order valence-corrected chi connectivity index (χ1v) is 8.34. The van der Waals surface area contributed by atoms with Gasteiger partial charge in [-0.25, -0.2) is 4.98 Å². The number of pyridine rings is 1. The number of aromatic nitrogens is 1. The number of rotatable bonds is 7. The van der Waals surface area contributed by atoms with E-state index in [1.54, 1.807) is 7.11 Å².